The highest BCUT2D eigenvalue weighted by Crippen LogP contribution is 2.23. The molecule has 4 rings (SSSR count). The zero-order valence-electron chi connectivity index (χ0n) is 17.8. The van der Waals surface area contributed by atoms with Crippen molar-refractivity contribution < 1.29 is 14.1 Å². The predicted octanol–water partition coefficient (Wildman–Crippen LogP) is 4.92. The van der Waals surface area contributed by atoms with Crippen LogP contribution in [-0.4, -0.2) is 16.0 Å². The summed E-state index contributed by atoms with van der Waals surface area (Å²) in [5.74, 6) is 7.00. The first-order valence-corrected chi connectivity index (χ1v) is 10.1. The number of nitrogens with zero attached hydrogens (tertiary/aromatic N) is 2. The number of carbonyl (C=O) groups is 1. The lowest BCUT2D eigenvalue weighted by atomic mass is 10.1. The zero-order chi connectivity index (χ0) is 22.3. The topological polar surface area (TPSA) is 77.2 Å². The summed E-state index contributed by atoms with van der Waals surface area (Å²) >= 11 is 0. The Morgan fingerprint density at radius 1 is 1.03 bits per heavy atom. The van der Waals surface area contributed by atoms with E-state index in [1.165, 1.54) is 0 Å². The first-order chi connectivity index (χ1) is 15.6. The molecule has 0 fully saturated rings. The molecule has 0 aliphatic rings. The van der Waals surface area contributed by atoms with Crippen LogP contribution >= 0.6 is 0 Å². The fourth-order valence-corrected chi connectivity index (χ4v) is 3.08. The number of aryl methyl sites for hydroxylation is 2. The van der Waals surface area contributed by atoms with Crippen LogP contribution in [0.15, 0.2) is 77.4 Å². The number of carbonyl (C=O) groups excluding carboxylic acids is 1. The van der Waals surface area contributed by atoms with Gasteiger partial charge in [-0.2, -0.15) is 0 Å². The number of hydrogen-bond acceptors (Lipinski definition) is 5. The molecule has 2 aromatic heterocycles. The molecule has 4 aromatic rings. The van der Waals surface area contributed by atoms with Crippen LogP contribution in [0.5, 0.6) is 5.75 Å². The summed E-state index contributed by atoms with van der Waals surface area (Å²) in [4.78, 5) is 17.1. The second kappa shape index (κ2) is 9.63. The molecule has 6 heteroatoms. The van der Waals surface area contributed by atoms with Crippen molar-refractivity contribution in [1.29, 1.82) is 0 Å². The van der Waals surface area contributed by atoms with E-state index in [0.717, 1.165) is 16.8 Å². The first-order valence-electron chi connectivity index (χ1n) is 10.1. The molecular weight excluding hydrogens is 402 g/mol. The van der Waals surface area contributed by atoms with Gasteiger partial charge in [-0.3, -0.25) is 4.79 Å². The monoisotopic (exact) mass is 423 g/mol. The maximum Gasteiger partial charge on any atom is 0.259 e. The fraction of sp³-hybridized carbons (Fsp3) is 0.115. The van der Waals surface area contributed by atoms with Gasteiger partial charge in [0.25, 0.3) is 5.91 Å². The number of nitrogens with one attached hydrogen (secondary N) is 1. The lowest BCUT2D eigenvalue weighted by Crippen LogP contribution is -2.14. The van der Waals surface area contributed by atoms with Crippen LogP contribution in [0.25, 0.3) is 0 Å². The van der Waals surface area contributed by atoms with Crippen molar-refractivity contribution >= 4 is 11.6 Å². The van der Waals surface area contributed by atoms with Crippen LogP contribution in [0.4, 0.5) is 5.69 Å². The minimum atomic E-state index is -0.269. The lowest BCUT2D eigenvalue weighted by Gasteiger charge is -2.12. The van der Waals surface area contributed by atoms with Gasteiger partial charge in [0, 0.05) is 17.4 Å². The molecule has 1 amide bonds. The Hall–Kier alpha value is -4.37. The highest BCUT2D eigenvalue weighted by molar-refractivity contribution is 6.06. The zero-order valence-corrected chi connectivity index (χ0v) is 17.8. The SMILES string of the molecule is Cc1noc(C)c1COc1ccccc1C(=O)Nc1cccc(C#Cc2ccccn2)c1. The number of ether oxygens (including phenoxy) is 1. The number of benzene rings is 2. The highest BCUT2D eigenvalue weighted by Gasteiger charge is 2.15. The minimum absolute atomic E-state index is 0.268. The second-order valence-corrected chi connectivity index (χ2v) is 7.09. The largest absolute Gasteiger partial charge is 0.488 e. The molecular formula is C26H21N3O3. The predicted molar refractivity (Wildman–Crippen MR) is 121 cm³/mol. The summed E-state index contributed by atoms with van der Waals surface area (Å²) in [6.07, 6.45) is 1.70. The number of pyridine rings is 1. The number of anilines is 1. The first kappa shape index (κ1) is 20.9. The summed E-state index contributed by atoms with van der Waals surface area (Å²) in [7, 11) is 0. The van der Waals surface area contributed by atoms with E-state index >= 15 is 0 Å². The van der Waals surface area contributed by atoms with Crippen molar-refractivity contribution in [3.8, 4) is 17.6 Å². The number of amides is 1. The number of para-hydroxylation sites is 1. The minimum Gasteiger partial charge on any atom is -0.488 e. The van der Waals surface area contributed by atoms with Crippen LogP contribution in [0, 0.1) is 25.7 Å². The third-order valence-electron chi connectivity index (χ3n) is 4.81. The molecule has 2 heterocycles. The Balaban J connectivity index is 1.48. The van der Waals surface area contributed by atoms with E-state index in [1.807, 2.05) is 62.4 Å². The van der Waals surface area contributed by atoms with Gasteiger partial charge in [-0.05, 0) is 62.2 Å². The van der Waals surface area contributed by atoms with E-state index in [4.69, 9.17) is 9.26 Å². The fourth-order valence-electron chi connectivity index (χ4n) is 3.08. The third kappa shape index (κ3) is 5.02. The number of hydrogen-bond donors (Lipinski definition) is 1. The van der Waals surface area contributed by atoms with Crippen LogP contribution in [0.1, 0.15) is 38.6 Å². The van der Waals surface area contributed by atoms with Gasteiger partial charge >= 0.3 is 0 Å². The summed E-state index contributed by atoms with van der Waals surface area (Å²) in [6.45, 7) is 3.96. The normalized spacial score (nSPS) is 10.2. The van der Waals surface area contributed by atoms with E-state index in [1.54, 1.807) is 24.4 Å². The molecule has 0 bridgehead atoms. The molecule has 0 aliphatic heterocycles. The van der Waals surface area contributed by atoms with Crippen LogP contribution in [0.2, 0.25) is 0 Å². The summed E-state index contributed by atoms with van der Waals surface area (Å²) in [6, 6.07) is 20.1. The van der Waals surface area contributed by atoms with E-state index in [9.17, 15) is 4.79 Å². The van der Waals surface area contributed by atoms with Crippen LogP contribution in [0.3, 0.4) is 0 Å². The third-order valence-corrected chi connectivity index (χ3v) is 4.81. The van der Waals surface area contributed by atoms with E-state index < -0.39 is 0 Å². The molecule has 1 N–H and O–H groups in total. The Morgan fingerprint density at radius 2 is 1.88 bits per heavy atom. The average molecular weight is 423 g/mol. The van der Waals surface area contributed by atoms with Crippen LogP contribution < -0.4 is 10.1 Å². The van der Waals surface area contributed by atoms with Gasteiger partial charge in [0.15, 0.2) is 0 Å². The van der Waals surface area contributed by atoms with E-state index in [2.05, 4.69) is 27.3 Å². The maximum absolute atomic E-state index is 13.0. The molecule has 0 aliphatic carbocycles. The van der Waals surface area contributed by atoms with Crippen molar-refractivity contribution in [3.63, 3.8) is 0 Å². The summed E-state index contributed by atoms with van der Waals surface area (Å²) in [5, 5.41) is 6.86. The van der Waals surface area contributed by atoms with Crippen LogP contribution in [-0.2, 0) is 6.61 Å². The van der Waals surface area contributed by atoms with Gasteiger partial charge < -0.3 is 14.6 Å². The molecule has 6 nitrogen and oxygen atoms in total. The van der Waals surface area contributed by atoms with Crippen molar-refractivity contribution in [2.24, 2.45) is 0 Å². The molecule has 0 saturated carbocycles. The van der Waals surface area contributed by atoms with Gasteiger partial charge in [0.05, 0.1) is 16.8 Å². The summed E-state index contributed by atoms with van der Waals surface area (Å²) < 4.78 is 11.1. The molecule has 0 atom stereocenters. The smallest absolute Gasteiger partial charge is 0.259 e. The highest BCUT2D eigenvalue weighted by atomic mass is 16.5. The lowest BCUT2D eigenvalue weighted by molar-refractivity contribution is 0.102. The molecule has 2 aromatic carbocycles. The Bertz CT molecular complexity index is 1280. The van der Waals surface area contributed by atoms with Crippen molar-refractivity contribution in [1.82, 2.24) is 10.1 Å². The quantitative estimate of drug-likeness (QED) is 0.461. The van der Waals surface area contributed by atoms with Gasteiger partial charge in [-0.25, -0.2) is 4.98 Å². The molecule has 0 saturated heterocycles. The van der Waals surface area contributed by atoms with Crippen molar-refractivity contribution in [2.45, 2.75) is 20.5 Å². The molecule has 0 spiro atoms. The van der Waals surface area contributed by atoms with Crippen molar-refractivity contribution in [2.75, 3.05) is 5.32 Å². The summed E-state index contributed by atoms with van der Waals surface area (Å²) in [5.41, 5.74) is 4.18. The molecule has 0 unspecified atom stereocenters. The van der Waals surface area contributed by atoms with E-state index in [-0.39, 0.29) is 12.5 Å². The molecule has 158 valence electrons. The average Bonchev–Trinajstić information content (AvgIpc) is 3.14. The molecule has 32 heavy (non-hydrogen) atoms. The Morgan fingerprint density at radius 3 is 2.66 bits per heavy atom. The van der Waals surface area contributed by atoms with Crippen molar-refractivity contribution in [3.05, 3.63) is 107 Å². The standard InChI is InChI=1S/C26H21N3O3/c1-18-24(19(2)32-29-18)17-31-25-12-4-3-11-23(25)26(30)28-22-10-7-8-20(16-22)13-14-21-9-5-6-15-27-21/h3-12,15-16H,17H2,1-2H3,(H,28,30). The Labute approximate surface area is 186 Å². The van der Waals surface area contributed by atoms with E-state index in [0.29, 0.717) is 28.5 Å². The number of aromatic nitrogens is 2. The van der Waals surface area contributed by atoms with Gasteiger partial charge in [-0.15, -0.1) is 0 Å². The molecule has 0 radical (unpaired) electrons. The van der Waals surface area contributed by atoms with Gasteiger partial charge in [-0.1, -0.05) is 35.3 Å². The Kier molecular flexibility index (Phi) is 6.28. The van der Waals surface area contributed by atoms with Gasteiger partial charge in [0.2, 0.25) is 0 Å². The van der Waals surface area contributed by atoms with Gasteiger partial charge in [0.1, 0.15) is 23.8 Å². The second-order valence-electron chi connectivity index (χ2n) is 7.09. The maximum atomic E-state index is 13.0. The number of rotatable bonds is 5.